The largest absolute Gasteiger partial charge is 0.493 e. The number of imidazole rings is 1. The van der Waals surface area contributed by atoms with E-state index in [1.807, 2.05) is 30.3 Å². The van der Waals surface area contributed by atoms with E-state index >= 15 is 0 Å². The molecule has 0 unspecified atom stereocenters. The van der Waals surface area contributed by atoms with Gasteiger partial charge in [-0.25, -0.2) is 14.8 Å². The van der Waals surface area contributed by atoms with Crippen LogP contribution >= 0.6 is 11.8 Å². The maximum Gasteiger partial charge on any atom is 0.413 e. The van der Waals surface area contributed by atoms with Crippen LogP contribution in [0.5, 0.6) is 5.75 Å². The number of benzene rings is 1. The van der Waals surface area contributed by atoms with Crippen LogP contribution in [0.15, 0.2) is 41.7 Å². The molecule has 1 amide bonds. The van der Waals surface area contributed by atoms with Gasteiger partial charge in [-0.2, -0.15) is 4.98 Å². The van der Waals surface area contributed by atoms with E-state index in [0.29, 0.717) is 28.7 Å². The fraction of sp³-hybridized carbons (Fsp3) is 0.200. The molecular formula is C15H15N5O3S. The van der Waals surface area contributed by atoms with Crippen molar-refractivity contribution in [2.75, 3.05) is 24.8 Å². The molecule has 0 saturated heterocycles. The van der Waals surface area contributed by atoms with Gasteiger partial charge in [0.25, 0.3) is 0 Å². The molecular weight excluding hydrogens is 330 g/mol. The van der Waals surface area contributed by atoms with Gasteiger partial charge in [0.2, 0.25) is 5.95 Å². The van der Waals surface area contributed by atoms with Crippen LogP contribution in [0.3, 0.4) is 0 Å². The minimum absolute atomic E-state index is 0.265. The highest BCUT2D eigenvalue weighted by Gasteiger charge is 2.09. The summed E-state index contributed by atoms with van der Waals surface area (Å²) in [7, 11) is 1.28. The average molecular weight is 345 g/mol. The van der Waals surface area contributed by atoms with Crippen LogP contribution in [0.1, 0.15) is 0 Å². The molecule has 0 bridgehead atoms. The van der Waals surface area contributed by atoms with E-state index in [0.717, 1.165) is 5.75 Å². The molecule has 0 saturated carbocycles. The van der Waals surface area contributed by atoms with E-state index in [1.54, 1.807) is 6.20 Å². The van der Waals surface area contributed by atoms with E-state index in [2.05, 4.69) is 30.0 Å². The first kappa shape index (κ1) is 16.1. The summed E-state index contributed by atoms with van der Waals surface area (Å²) in [5.41, 5.74) is 1.11. The minimum Gasteiger partial charge on any atom is -0.493 e. The van der Waals surface area contributed by atoms with Crippen molar-refractivity contribution < 1.29 is 14.3 Å². The second kappa shape index (κ2) is 7.64. The molecule has 0 radical (unpaired) electrons. The third kappa shape index (κ3) is 4.13. The Morgan fingerprint density at radius 2 is 2.12 bits per heavy atom. The van der Waals surface area contributed by atoms with Crippen molar-refractivity contribution in [3.63, 3.8) is 0 Å². The van der Waals surface area contributed by atoms with Gasteiger partial charge in [0.1, 0.15) is 11.3 Å². The fourth-order valence-corrected chi connectivity index (χ4v) is 2.51. The molecule has 0 spiro atoms. The summed E-state index contributed by atoms with van der Waals surface area (Å²) >= 11 is 1.47. The maximum absolute atomic E-state index is 11.2. The molecule has 2 aromatic heterocycles. The van der Waals surface area contributed by atoms with Crippen molar-refractivity contribution in [3.05, 3.63) is 36.5 Å². The maximum atomic E-state index is 11.2. The van der Waals surface area contributed by atoms with Crippen LogP contribution in [-0.2, 0) is 4.74 Å². The Labute approximate surface area is 142 Å². The Balaban J connectivity index is 1.56. The van der Waals surface area contributed by atoms with Gasteiger partial charge in [-0.3, -0.25) is 5.32 Å². The fourth-order valence-electron chi connectivity index (χ4n) is 1.88. The number of carbonyl (C=O) groups is 1. The van der Waals surface area contributed by atoms with Crippen LogP contribution in [-0.4, -0.2) is 45.5 Å². The zero-order chi connectivity index (χ0) is 16.8. The van der Waals surface area contributed by atoms with Gasteiger partial charge < -0.3 is 14.5 Å². The number of methoxy groups -OCH3 is 1. The number of nitrogens with zero attached hydrogens (tertiary/aromatic N) is 3. The lowest BCUT2D eigenvalue weighted by Gasteiger charge is -2.04. The molecule has 9 heteroatoms. The van der Waals surface area contributed by atoms with Crippen LogP contribution in [0.2, 0.25) is 0 Å². The predicted octanol–water partition coefficient (Wildman–Crippen LogP) is 2.70. The first-order valence-electron chi connectivity index (χ1n) is 7.13. The lowest BCUT2D eigenvalue weighted by atomic mass is 10.3. The van der Waals surface area contributed by atoms with Crippen LogP contribution in [0.4, 0.5) is 10.7 Å². The lowest BCUT2D eigenvalue weighted by molar-refractivity contribution is 0.186. The summed E-state index contributed by atoms with van der Waals surface area (Å²) in [5, 5.41) is 3.04. The Hall–Kier alpha value is -2.81. The highest BCUT2D eigenvalue weighted by molar-refractivity contribution is 7.99. The first-order valence-corrected chi connectivity index (χ1v) is 8.11. The molecule has 0 aliphatic carbocycles. The van der Waals surface area contributed by atoms with Crippen molar-refractivity contribution in [1.82, 2.24) is 19.9 Å². The number of hydrogen-bond donors (Lipinski definition) is 2. The number of fused-ring (bicyclic) bond motifs is 1. The number of ether oxygens (including phenoxy) is 2. The van der Waals surface area contributed by atoms with Gasteiger partial charge in [-0.05, 0) is 12.1 Å². The highest BCUT2D eigenvalue weighted by Crippen LogP contribution is 2.18. The molecule has 2 heterocycles. The number of para-hydroxylation sites is 1. The van der Waals surface area contributed by atoms with Crippen LogP contribution in [0, 0.1) is 0 Å². The predicted molar refractivity (Wildman–Crippen MR) is 90.4 cm³/mol. The monoisotopic (exact) mass is 345 g/mol. The number of hydrogen-bond acceptors (Lipinski definition) is 7. The summed E-state index contributed by atoms with van der Waals surface area (Å²) in [5.74, 6) is 1.80. The molecule has 3 rings (SSSR count). The molecule has 2 N–H and O–H groups in total. The Morgan fingerprint density at radius 3 is 2.92 bits per heavy atom. The molecule has 0 atom stereocenters. The number of nitrogens with one attached hydrogen (secondary N) is 2. The molecule has 0 aliphatic heterocycles. The van der Waals surface area contributed by atoms with Gasteiger partial charge in [-0.15, -0.1) is 0 Å². The summed E-state index contributed by atoms with van der Waals surface area (Å²) in [6.45, 7) is 0.547. The Morgan fingerprint density at radius 1 is 1.29 bits per heavy atom. The van der Waals surface area contributed by atoms with Gasteiger partial charge in [0.05, 0.1) is 19.9 Å². The first-order chi connectivity index (χ1) is 11.7. The number of anilines is 1. The number of carbonyl (C=O) groups excluding carboxylic acids is 1. The standard InChI is InChI=1S/C15H15N5O3S/c1-22-15(21)20-13-17-11-9-16-14(19-12(11)18-13)24-8-7-23-10-5-3-2-4-6-10/h2-6,9H,7-8H2,1H3,(H2,16,17,18,19,20,21). The lowest BCUT2D eigenvalue weighted by Crippen LogP contribution is -2.11. The second-order valence-corrected chi connectivity index (χ2v) is 5.66. The van der Waals surface area contributed by atoms with E-state index in [-0.39, 0.29) is 5.95 Å². The average Bonchev–Trinajstić information content (AvgIpc) is 3.01. The molecule has 3 aromatic rings. The van der Waals surface area contributed by atoms with E-state index < -0.39 is 6.09 Å². The van der Waals surface area contributed by atoms with Crippen molar-refractivity contribution in [3.8, 4) is 5.75 Å². The van der Waals surface area contributed by atoms with Crippen LogP contribution < -0.4 is 10.1 Å². The summed E-state index contributed by atoms with van der Waals surface area (Å²) in [4.78, 5) is 26.8. The molecule has 24 heavy (non-hydrogen) atoms. The number of rotatable bonds is 6. The molecule has 1 aromatic carbocycles. The molecule has 0 aliphatic rings. The zero-order valence-electron chi connectivity index (χ0n) is 12.9. The smallest absolute Gasteiger partial charge is 0.413 e. The van der Waals surface area contributed by atoms with Gasteiger partial charge >= 0.3 is 6.09 Å². The summed E-state index contributed by atoms with van der Waals surface area (Å²) in [6.07, 6.45) is 1.02. The number of thioether (sulfide) groups is 1. The Kier molecular flexibility index (Phi) is 5.12. The molecule has 0 fully saturated rings. The Bertz CT molecular complexity index is 824. The minimum atomic E-state index is -0.602. The third-order valence-electron chi connectivity index (χ3n) is 2.95. The number of aromatic amines is 1. The normalized spacial score (nSPS) is 10.5. The number of aromatic nitrogens is 4. The van der Waals surface area contributed by atoms with Crippen LogP contribution in [0.25, 0.3) is 11.2 Å². The van der Waals surface area contributed by atoms with E-state index in [1.165, 1.54) is 18.9 Å². The van der Waals surface area contributed by atoms with Gasteiger partial charge in [0, 0.05) is 5.75 Å². The number of amides is 1. The SMILES string of the molecule is COC(=O)Nc1nc2nc(SCCOc3ccccc3)ncc2[nH]1. The zero-order valence-corrected chi connectivity index (χ0v) is 13.7. The van der Waals surface area contributed by atoms with Crippen molar-refractivity contribution in [1.29, 1.82) is 0 Å². The second-order valence-electron chi connectivity index (χ2n) is 4.60. The molecule has 8 nitrogen and oxygen atoms in total. The van der Waals surface area contributed by atoms with E-state index in [9.17, 15) is 4.79 Å². The summed E-state index contributed by atoms with van der Waals surface area (Å²) in [6, 6.07) is 9.62. The van der Waals surface area contributed by atoms with Crippen molar-refractivity contribution in [2.24, 2.45) is 0 Å². The third-order valence-corrected chi connectivity index (χ3v) is 3.78. The highest BCUT2D eigenvalue weighted by atomic mass is 32.2. The number of H-pyrrole nitrogens is 1. The summed E-state index contributed by atoms with van der Waals surface area (Å²) < 4.78 is 10.1. The van der Waals surface area contributed by atoms with Crippen molar-refractivity contribution in [2.45, 2.75) is 5.16 Å². The van der Waals surface area contributed by atoms with Crippen molar-refractivity contribution >= 4 is 35.0 Å². The van der Waals surface area contributed by atoms with Gasteiger partial charge in [0.15, 0.2) is 10.8 Å². The molecule has 124 valence electrons. The quantitative estimate of drug-likeness (QED) is 0.402. The van der Waals surface area contributed by atoms with Gasteiger partial charge in [-0.1, -0.05) is 30.0 Å². The van der Waals surface area contributed by atoms with E-state index in [4.69, 9.17) is 4.74 Å². The topological polar surface area (TPSA) is 102 Å².